The van der Waals surface area contributed by atoms with Crippen LogP contribution >= 0.6 is 15.9 Å². The molecule has 2 aromatic rings. The van der Waals surface area contributed by atoms with E-state index in [1.807, 2.05) is 30.3 Å². The van der Waals surface area contributed by atoms with Gasteiger partial charge < -0.3 is 10.1 Å². The predicted octanol–water partition coefficient (Wildman–Crippen LogP) is 3.26. The standard InChI is InChI=1S/C12H10BrN3O2/c1-15-11(14-8-12(15)16(17)18)7-6-9-4-2-3-5-10(9)13/h2-8H,1H3/b7-6+. The van der Waals surface area contributed by atoms with Crippen molar-refractivity contribution in [3.8, 4) is 0 Å². The molecule has 0 saturated carbocycles. The lowest BCUT2D eigenvalue weighted by Crippen LogP contribution is -1.98. The maximum Gasteiger partial charge on any atom is 0.342 e. The third-order valence-electron chi connectivity index (χ3n) is 2.50. The van der Waals surface area contributed by atoms with E-state index >= 15 is 0 Å². The minimum Gasteiger partial charge on any atom is -0.358 e. The van der Waals surface area contributed by atoms with Gasteiger partial charge in [0.25, 0.3) is 0 Å². The molecule has 0 fully saturated rings. The molecule has 0 aliphatic carbocycles. The van der Waals surface area contributed by atoms with Crippen LogP contribution in [0, 0.1) is 10.1 Å². The lowest BCUT2D eigenvalue weighted by atomic mass is 10.2. The zero-order valence-corrected chi connectivity index (χ0v) is 11.2. The van der Waals surface area contributed by atoms with Gasteiger partial charge in [-0.3, -0.25) is 0 Å². The van der Waals surface area contributed by atoms with Crippen LogP contribution in [-0.4, -0.2) is 14.5 Å². The number of benzene rings is 1. The highest BCUT2D eigenvalue weighted by molar-refractivity contribution is 9.10. The third kappa shape index (κ3) is 2.48. The monoisotopic (exact) mass is 307 g/mol. The van der Waals surface area contributed by atoms with Crippen LogP contribution in [-0.2, 0) is 7.05 Å². The Balaban J connectivity index is 2.30. The number of rotatable bonds is 3. The second kappa shape index (κ2) is 5.14. The van der Waals surface area contributed by atoms with Gasteiger partial charge in [-0.2, -0.15) is 0 Å². The first kappa shape index (κ1) is 12.5. The van der Waals surface area contributed by atoms with Gasteiger partial charge in [-0.15, -0.1) is 0 Å². The molecule has 2 rings (SSSR count). The van der Waals surface area contributed by atoms with Crippen LogP contribution in [0.2, 0.25) is 0 Å². The molecule has 0 radical (unpaired) electrons. The largest absolute Gasteiger partial charge is 0.358 e. The van der Waals surface area contributed by atoms with Crippen LogP contribution in [0.1, 0.15) is 11.4 Å². The van der Waals surface area contributed by atoms with E-state index in [4.69, 9.17) is 0 Å². The van der Waals surface area contributed by atoms with Gasteiger partial charge in [0, 0.05) is 10.5 Å². The highest BCUT2D eigenvalue weighted by atomic mass is 79.9. The summed E-state index contributed by atoms with van der Waals surface area (Å²) in [7, 11) is 1.62. The summed E-state index contributed by atoms with van der Waals surface area (Å²) in [6.07, 6.45) is 4.85. The van der Waals surface area contributed by atoms with Gasteiger partial charge in [0.2, 0.25) is 5.82 Å². The normalized spacial score (nSPS) is 11.0. The van der Waals surface area contributed by atoms with Crippen molar-refractivity contribution in [3.63, 3.8) is 0 Å². The number of aromatic nitrogens is 2. The summed E-state index contributed by atoms with van der Waals surface area (Å²) in [4.78, 5) is 14.2. The van der Waals surface area contributed by atoms with Gasteiger partial charge in [0.1, 0.15) is 6.20 Å². The first-order valence-electron chi connectivity index (χ1n) is 5.18. The van der Waals surface area contributed by atoms with Gasteiger partial charge in [0.05, 0.1) is 7.05 Å². The number of imidazole rings is 1. The summed E-state index contributed by atoms with van der Waals surface area (Å²) in [6, 6.07) is 7.72. The Kier molecular flexibility index (Phi) is 3.57. The van der Waals surface area contributed by atoms with E-state index in [0.29, 0.717) is 5.82 Å². The molecule has 1 heterocycles. The van der Waals surface area contributed by atoms with E-state index < -0.39 is 4.92 Å². The van der Waals surface area contributed by atoms with Crippen LogP contribution in [0.4, 0.5) is 5.82 Å². The molecule has 0 amide bonds. The molecule has 0 N–H and O–H groups in total. The van der Waals surface area contributed by atoms with Crippen LogP contribution in [0.25, 0.3) is 12.2 Å². The first-order chi connectivity index (χ1) is 8.59. The van der Waals surface area contributed by atoms with Crippen molar-refractivity contribution in [2.24, 2.45) is 7.05 Å². The van der Waals surface area contributed by atoms with Crippen molar-refractivity contribution in [2.45, 2.75) is 0 Å². The molecule has 6 heteroatoms. The molecule has 0 aliphatic rings. The lowest BCUT2D eigenvalue weighted by molar-refractivity contribution is -0.391. The van der Waals surface area contributed by atoms with Crippen molar-refractivity contribution in [1.29, 1.82) is 0 Å². The Bertz CT molecular complexity index is 620. The highest BCUT2D eigenvalue weighted by Gasteiger charge is 2.13. The van der Waals surface area contributed by atoms with E-state index in [9.17, 15) is 10.1 Å². The average molecular weight is 308 g/mol. The number of halogens is 1. The SMILES string of the molecule is Cn1c([N+](=O)[O-])cnc1/C=C/c1ccccc1Br. The zero-order valence-electron chi connectivity index (χ0n) is 9.58. The molecule has 0 atom stereocenters. The molecule has 1 aromatic carbocycles. The molecule has 0 saturated heterocycles. The Labute approximate surface area is 112 Å². The number of hydrogen-bond acceptors (Lipinski definition) is 3. The molecule has 0 unspecified atom stereocenters. The zero-order chi connectivity index (χ0) is 13.1. The molecular formula is C12H10BrN3O2. The van der Waals surface area contributed by atoms with Gasteiger partial charge >= 0.3 is 5.82 Å². The third-order valence-corrected chi connectivity index (χ3v) is 3.23. The van der Waals surface area contributed by atoms with E-state index in [-0.39, 0.29) is 5.82 Å². The van der Waals surface area contributed by atoms with Gasteiger partial charge in [-0.25, -0.2) is 9.55 Å². The topological polar surface area (TPSA) is 61.0 Å². The fraction of sp³-hybridized carbons (Fsp3) is 0.0833. The summed E-state index contributed by atoms with van der Waals surface area (Å²) in [5, 5.41) is 10.7. The minimum absolute atomic E-state index is 0.0261. The molecule has 92 valence electrons. The van der Waals surface area contributed by atoms with Gasteiger partial charge in [0.15, 0.2) is 0 Å². The van der Waals surface area contributed by atoms with Crippen LogP contribution in [0.3, 0.4) is 0 Å². The molecule has 5 nitrogen and oxygen atoms in total. The number of nitro groups is 1. The Morgan fingerprint density at radius 2 is 2.11 bits per heavy atom. The fourth-order valence-electron chi connectivity index (χ4n) is 1.51. The summed E-state index contributed by atoms with van der Waals surface area (Å²) in [5.74, 6) is 0.513. The van der Waals surface area contributed by atoms with E-state index in [1.54, 1.807) is 13.1 Å². The Morgan fingerprint density at radius 1 is 1.39 bits per heavy atom. The number of hydrogen-bond donors (Lipinski definition) is 0. The maximum absolute atomic E-state index is 10.7. The Hall–Kier alpha value is -1.95. The quantitative estimate of drug-likeness (QED) is 0.646. The van der Waals surface area contributed by atoms with Crippen molar-refractivity contribution >= 4 is 33.9 Å². The summed E-state index contributed by atoms with van der Waals surface area (Å²) in [6.45, 7) is 0. The van der Waals surface area contributed by atoms with Crippen LogP contribution in [0.15, 0.2) is 34.9 Å². The number of nitrogens with zero attached hydrogens (tertiary/aromatic N) is 3. The van der Waals surface area contributed by atoms with Crippen LogP contribution < -0.4 is 0 Å². The Morgan fingerprint density at radius 3 is 2.72 bits per heavy atom. The van der Waals surface area contributed by atoms with Gasteiger partial charge in [-0.1, -0.05) is 34.1 Å². The molecule has 0 aliphatic heterocycles. The van der Waals surface area contributed by atoms with E-state index in [2.05, 4.69) is 20.9 Å². The summed E-state index contributed by atoms with van der Waals surface area (Å²) in [5.41, 5.74) is 0.989. The summed E-state index contributed by atoms with van der Waals surface area (Å²) >= 11 is 3.43. The van der Waals surface area contributed by atoms with Crippen LogP contribution in [0.5, 0.6) is 0 Å². The van der Waals surface area contributed by atoms with Crippen molar-refractivity contribution < 1.29 is 4.92 Å². The summed E-state index contributed by atoms with van der Waals surface area (Å²) < 4.78 is 2.40. The molecule has 18 heavy (non-hydrogen) atoms. The van der Waals surface area contributed by atoms with Crippen molar-refractivity contribution in [2.75, 3.05) is 0 Å². The molecule has 0 bridgehead atoms. The maximum atomic E-state index is 10.7. The second-order valence-electron chi connectivity index (χ2n) is 3.65. The smallest absolute Gasteiger partial charge is 0.342 e. The second-order valence-corrected chi connectivity index (χ2v) is 4.50. The van der Waals surface area contributed by atoms with Crippen molar-refractivity contribution in [1.82, 2.24) is 9.55 Å². The van der Waals surface area contributed by atoms with Gasteiger partial charge in [-0.05, 0) is 22.6 Å². The van der Waals surface area contributed by atoms with Crippen molar-refractivity contribution in [3.05, 3.63) is 56.4 Å². The van der Waals surface area contributed by atoms with E-state index in [0.717, 1.165) is 10.0 Å². The fourth-order valence-corrected chi connectivity index (χ4v) is 1.93. The minimum atomic E-state index is -0.456. The lowest BCUT2D eigenvalue weighted by Gasteiger charge is -1.96. The van der Waals surface area contributed by atoms with E-state index in [1.165, 1.54) is 10.8 Å². The molecule has 0 spiro atoms. The first-order valence-corrected chi connectivity index (χ1v) is 5.97. The highest BCUT2D eigenvalue weighted by Crippen LogP contribution is 2.19. The predicted molar refractivity (Wildman–Crippen MR) is 72.9 cm³/mol. The molecular weight excluding hydrogens is 298 g/mol. The average Bonchev–Trinajstić information content (AvgIpc) is 2.70. The molecule has 1 aromatic heterocycles.